The van der Waals surface area contributed by atoms with E-state index in [0.717, 1.165) is 44.3 Å². The normalized spacial score (nSPS) is 19.5. The number of hydrogen-bond donors (Lipinski definition) is 1. The minimum Gasteiger partial charge on any atom is -0.474 e. The number of nitrogens with zero attached hydrogens (tertiary/aromatic N) is 3. The molecule has 0 unspecified atom stereocenters. The van der Waals surface area contributed by atoms with Crippen molar-refractivity contribution >= 4 is 5.96 Å². The lowest BCUT2D eigenvalue weighted by Crippen LogP contribution is -2.35. The first-order valence-corrected chi connectivity index (χ1v) is 7.92. The molecule has 1 aliphatic carbocycles. The molecule has 0 amide bonds. The van der Waals surface area contributed by atoms with E-state index in [9.17, 15) is 0 Å². The van der Waals surface area contributed by atoms with Gasteiger partial charge in [0.2, 0.25) is 5.88 Å². The molecule has 114 valence electrons. The van der Waals surface area contributed by atoms with Crippen LogP contribution >= 0.6 is 0 Å². The number of rotatable bonds is 4. The van der Waals surface area contributed by atoms with Crippen LogP contribution in [0.5, 0.6) is 5.88 Å². The van der Waals surface area contributed by atoms with Crippen molar-refractivity contribution in [3.05, 3.63) is 23.9 Å². The van der Waals surface area contributed by atoms with Gasteiger partial charge >= 0.3 is 0 Å². The maximum atomic E-state index is 6.01. The molecular formula is C16H24N4O. The van der Waals surface area contributed by atoms with Crippen LogP contribution in [0.4, 0.5) is 0 Å². The van der Waals surface area contributed by atoms with E-state index in [1.165, 1.54) is 24.8 Å². The molecule has 0 spiro atoms. The van der Waals surface area contributed by atoms with E-state index in [0.29, 0.717) is 6.10 Å². The maximum Gasteiger partial charge on any atom is 0.213 e. The van der Waals surface area contributed by atoms with Gasteiger partial charge in [-0.3, -0.25) is 4.99 Å². The summed E-state index contributed by atoms with van der Waals surface area (Å²) in [5, 5.41) is 3.37. The van der Waals surface area contributed by atoms with Crippen molar-refractivity contribution in [1.82, 2.24) is 15.2 Å². The molecule has 5 nitrogen and oxygen atoms in total. The number of likely N-dealkylation sites (N-methyl/N-ethyl adjacent to an activating group) is 1. The highest BCUT2D eigenvalue weighted by Crippen LogP contribution is 2.22. The fourth-order valence-corrected chi connectivity index (χ4v) is 2.88. The Bertz CT molecular complexity index is 497. The zero-order valence-corrected chi connectivity index (χ0v) is 12.7. The first kappa shape index (κ1) is 14.2. The van der Waals surface area contributed by atoms with E-state index in [-0.39, 0.29) is 0 Å². The Hall–Kier alpha value is -1.78. The van der Waals surface area contributed by atoms with E-state index < -0.39 is 0 Å². The molecule has 0 atom stereocenters. The monoisotopic (exact) mass is 288 g/mol. The van der Waals surface area contributed by atoms with Crippen molar-refractivity contribution in [2.24, 2.45) is 4.99 Å². The molecule has 1 aromatic rings. The van der Waals surface area contributed by atoms with Crippen LogP contribution in [-0.4, -0.2) is 42.1 Å². The van der Waals surface area contributed by atoms with Crippen LogP contribution in [0, 0.1) is 0 Å². The molecule has 0 radical (unpaired) electrons. The first-order chi connectivity index (χ1) is 10.3. The van der Waals surface area contributed by atoms with E-state index >= 15 is 0 Å². The number of hydrogen-bond acceptors (Lipinski definition) is 5. The topological polar surface area (TPSA) is 49.8 Å². The minimum atomic E-state index is 0.347. The highest BCUT2D eigenvalue weighted by atomic mass is 16.5. The van der Waals surface area contributed by atoms with Crippen molar-refractivity contribution in [2.45, 2.75) is 44.8 Å². The van der Waals surface area contributed by atoms with E-state index in [1.54, 1.807) is 0 Å². The molecule has 21 heavy (non-hydrogen) atoms. The second-order valence-corrected chi connectivity index (χ2v) is 5.86. The summed E-state index contributed by atoms with van der Waals surface area (Å²) in [5.74, 6) is 1.73. The summed E-state index contributed by atoms with van der Waals surface area (Å²) in [6.07, 6.45) is 8.38. The van der Waals surface area contributed by atoms with Gasteiger partial charge in [-0.25, -0.2) is 4.98 Å². The third-order valence-corrected chi connectivity index (χ3v) is 4.15. The lowest BCUT2D eigenvalue weighted by Gasteiger charge is -2.22. The summed E-state index contributed by atoms with van der Waals surface area (Å²) in [5.41, 5.74) is 1.18. The highest BCUT2D eigenvalue weighted by Gasteiger charge is 2.16. The Labute approximate surface area is 126 Å². The van der Waals surface area contributed by atoms with Gasteiger partial charge in [0.05, 0.1) is 6.54 Å². The average molecular weight is 288 g/mol. The molecular weight excluding hydrogens is 264 g/mol. The Balaban J connectivity index is 1.55. The number of guanidine groups is 1. The van der Waals surface area contributed by atoms with Crippen molar-refractivity contribution in [3.8, 4) is 5.88 Å². The van der Waals surface area contributed by atoms with E-state index in [1.807, 2.05) is 18.3 Å². The van der Waals surface area contributed by atoms with Crippen molar-refractivity contribution < 1.29 is 4.74 Å². The van der Waals surface area contributed by atoms with Gasteiger partial charge < -0.3 is 15.0 Å². The van der Waals surface area contributed by atoms with Gasteiger partial charge in [0, 0.05) is 32.4 Å². The molecule has 0 aromatic carbocycles. The molecule has 1 N–H and O–H groups in total. The van der Waals surface area contributed by atoms with Gasteiger partial charge in [-0.05, 0) is 37.3 Å². The molecule has 0 bridgehead atoms. The Morgan fingerprint density at radius 1 is 1.33 bits per heavy atom. The standard InChI is InChI=1S/C16H24N4O/c1-20-10-9-18-16(20)19-12-13-7-8-17-15(11-13)21-14-5-3-2-4-6-14/h7-8,11,14H,2-6,9-10,12H2,1H3,(H,18,19). The summed E-state index contributed by atoms with van der Waals surface area (Å²) >= 11 is 0. The van der Waals surface area contributed by atoms with Gasteiger partial charge in [0.15, 0.2) is 5.96 Å². The fourth-order valence-electron chi connectivity index (χ4n) is 2.88. The van der Waals surface area contributed by atoms with Crippen molar-refractivity contribution in [2.75, 3.05) is 20.1 Å². The number of ether oxygens (including phenoxy) is 1. The predicted molar refractivity (Wildman–Crippen MR) is 83.5 cm³/mol. The number of aliphatic imine (C=N–C) groups is 1. The largest absolute Gasteiger partial charge is 0.474 e. The number of aromatic nitrogens is 1. The summed E-state index contributed by atoms with van der Waals surface area (Å²) < 4.78 is 6.01. The van der Waals surface area contributed by atoms with Crippen molar-refractivity contribution in [3.63, 3.8) is 0 Å². The number of nitrogens with one attached hydrogen (secondary N) is 1. The van der Waals surface area contributed by atoms with Gasteiger partial charge in [0.25, 0.3) is 0 Å². The summed E-state index contributed by atoms with van der Waals surface area (Å²) in [6.45, 7) is 2.63. The predicted octanol–water partition coefficient (Wildman–Crippen LogP) is 2.18. The van der Waals surface area contributed by atoms with Gasteiger partial charge in [-0.2, -0.15) is 0 Å². The van der Waals surface area contributed by atoms with Crippen LogP contribution in [-0.2, 0) is 6.54 Å². The lowest BCUT2D eigenvalue weighted by atomic mass is 9.98. The molecule has 1 saturated carbocycles. The summed E-state index contributed by atoms with van der Waals surface area (Å²) in [4.78, 5) is 10.9. The molecule has 1 aliphatic heterocycles. The highest BCUT2D eigenvalue weighted by molar-refractivity contribution is 5.81. The maximum absolute atomic E-state index is 6.01. The second-order valence-electron chi connectivity index (χ2n) is 5.86. The Kier molecular flexibility index (Phi) is 4.58. The van der Waals surface area contributed by atoms with Crippen LogP contribution in [0.25, 0.3) is 0 Å². The molecule has 1 fully saturated rings. The van der Waals surface area contributed by atoms with Gasteiger partial charge in [-0.1, -0.05) is 6.42 Å². The zero-order valence-electron chi connectivity index (χ0n) is 12.7. The molecule has 1 aromatic heterocycles. The quantitative estimate of drug-likeness (QED) is 0.922. The summed E-state index contributed by atoms with van der Waals surface area (Å²) in [6, 6.07) is 4.06. The minimum absolute atomic E-state index is 0.347. The zero-order chi connectivity index (χ0) is 14.5. The Morgan fingerprint density at radius 2 is 2.19 bits per heavy atom. The lowest BCUT2D eigenvalue weighted by molar-refractivity contribution is 0.148. The Morgan fingerprint density at radius 3 is 2.95 bits per heavy atom. The molecule has 2 aliphatic rings. The molecule has 3 rings (SSSR count). The second kappa shape index (κ2) is 6.78. The van der Waals surface area contributed by atoms with Gasteiger partial charge in [0.1, 0.15) is 6.10 Å². The molecule has 0 saturated heterocycles. The van der Waals surface area contributed by atoms with Crippen LogP contribution in [0.2, 0.25) is 0 Å². The van der Waals surface area contributed by atoms with Crippen LogP contribution < -0.4 is 10.1 Å². The third kappa shape index (κ3) is 3.86. The van der Waals surface area contributed by atoms with Crippen LogP contribution in [0.15, 0.2) is 23.3 Å². The fraction of sp³-hybridized carbons (Fsp3) is 0.625. The SMILES string of the molecule is CN1CCN=C1NCc1ccnc(OC2CCCCC2)c1. The van der Waals surface area contributed by atoms with E-state index in [2.05, 4.69) is 27.2 Å². The van der Waals surface area contributed by atoms with Gasteiger partial charge in [-0.15, -0.1) is 0 Å². The molecule has 5 heteroatoms. The summed E-state index contributed by atoms with van der Waals surface area (Å²) in [7, 11) is 2.06. The smallest absolute Gasteiger partial charge is 0.213 e. The average Bonchev–Trinajstić information content (AvgIpc) is 2.92. The third-order valence-electron chi connectivity index (χ3n) is 4.15. The first-order valence-electron chi connectivity index (χ1n) is 7.92. The van der Waals surface area contributed by atoms with Crippen LogP contribution in [0.3, 0.4) is 0 Å². The van der Waals surface area contributed by atoms with Crippen molar-refractivity contribution in [1.29, 1.82) is 0 Å². The van der Waals surface area contributed by atoms with E-state index in [4.69, 9.17) is 4.74 Å². The van der Waals surface area contributed by atoms with Crippen LogP contribution in [0.1, 0.15) is 37.7 Å². The molecule has 2 heterocycles. The number of pyridine rings is 1.